The molecule has 0 aromatic rings. The van der Waals surface area contributed by atoms with Gasteiger partial charge in [-0.2, -0.15) is 0 Å². The van der Waals surface area contributed by atoms with Crippen molar-refractivity contribution in [2.45, 2.75) is 32.2 Å². The van der Waals surface area contributed by atoms with E-state index in [1.165, 1.54) is 6.92 Å². The summed E-state index contributed by atoms with van der Waals surface area (Å²) in [5, 5.41) is 8.10. The molecule has 0 amide bonds. The molecule has 0 heterocycles. The highest BCUT2D eigenvalue weighted by atomic mass is 32.3. The number of hydrogen-bond donors (Lipinski definition) is 2. The zero-order chi connectivity index (χ0) is 14.2. The Morgan fingerprint density at radius 1 is 1.39 bits per heavy atom. The van der Waals surface area contributed by atoms with Crippen LogP contribution in [0, 0.1) is 5.41 Å². The zero-order valence-corrected chi connectivity index (χ0v) is 11.8. The molecule has 0 aromatic carbocycles. The van der Waals surface area contributed by atoms with Crippen molar-refractivity contribution in [1.29, 1.82) is 0 Å². The largest absolute Gasteiger partial charge is 0.481 e. The Bertz CT molecular complexity index is 537. The molecule has 0 spiro atoms. The highest BCUT2D eigenvalue weighted by molar-refractivity contribution is 8.06. The van der Waals surface area contributed by atoms with E-state index in [-0.39, 0.29) is 0 Å². The summed E-state index contributed by atoms with van der Waals surface area (Å²) in [5.74, 6) is -1.08. The molecule has 7 nitrogen and oxygen atoms in total. The first-order valence-corrected chi connectivity index (χ1v) is 9.09. The average molecular weight is 299 g/mol. The third-order valence-electron chi connectivity index (χ3n) is 3.14. The van der Waals surface area contributed by atoms with Gasteiger partial charge in [0.1, 0.15) is 0 Å². The summed E-state index contributed by atoms with van der Waals surface area (Å²) in [6.45, 7) is 1.47. The van der Waals surface area contributed by atoms with Crippen LogP contribution in [0.2, 0.25) is 0 Å². The van der Waals surface area contributed by atoms with Gasteiger partial charge >= 0.3 is 5.97 Å². The molecule has 2 atom stereocenters. The summed E-state index contributed by atoms with van der Waals surface area (Å²) in [6, 6.07) is -0.762. The van der Waals surface area contributed by atoms with Crippen LogP contribution in [0.25, 0.3) is 0 Å². The monoisotopic (exact) mass is 299 g/mol. The van der Waals surface area contributed by atoms with Gasteiger partial charge in [0.05, 0.1) is 5.41 Å². The molecule has 0 radical (unpaired) electrons. The van der Waals surface area contributed by atoms with Gasteiger partial charge in [-0.25, -0.2) is 21.6 Å². The van der Waals surface area contributed by atoms with E-state index in [1.54, 1.807) is 0 Å². The Kier molecular flexibility index (Phi) is 4.09. The Morgan fingerprint density at radius 2 is 1.94 bits per heavy atom. The van der Waals surface area contributed by atoms with Crippen LogP contribution in [0.15, 0.2) is 0 Å². The van der Waals surface area contributed by atoms with Crippen LogP contribution in [-0.4, -0.2) is 45.3 Å². The van der Waals surface area contributed by atoms with Crippen molar-refractivity contribution in [2.24, 2.45) is 5.41 Å². The van der Waals surface area contributed by atoms with Gasteiger partial charge in [0, 0.05) is 12.3 Å². The van der Waals surface area contributed by atoms with E-state index in [1.807, 2.05) is 0 Å². The van der Waals surface area contributed by atoms with E-state index in [2.05, 4.69) is 4.72 Å². The van der Waals surface area contributed by atoms with Gasteiger partial charge in [-0.15, -0.1) is 0 Å². The highest BCUT2D eigenvalue weighted by Crippen LogP contribution is 2.38. The first-order chi connectivity index (χ1) is 7.96. The maximum absolute atomic E-state index is 11.6. The molecule has 0 aromatic heterocycles. The summed E-state index contributed by atoms with van der Waals surface area (Å²) in [7, 11) is -7.71. The molecule has 106 valence electrons. The van der Waals surface area contributed by atoms with E-state index in [4.69, 9.17) is 5.11 Å². The van der Waals surface area contributed by atoms with Crippen LogP contribution < -0.4 is 4.72 Å². The third kappa shape index (κ3) is 3.66. The van der Waals surface area contributed by atoms with E-state index >= 15 is 0 Å². The van der Waals surface area contributed by atoms with E-state index in [0.717, 1.165) is 6.26 Å². The number of rotatable bonds is 5. The Morgan fingerprint density at radius 3 is 2.39 bits per heavy atom. The molecular weight excluding hydrogens is 282 g/mol. The normalized spacial score (nSPS) is 29.3. The third-order valence-corrected chi connectivity index (χ3v) is 6.74. The van der Waals surface area contributed by atoms with Crippen molar-refractivity contribution in [2.75, 3.05) is 11.3 Å². The van der Waals surface area contributed by atoms with Crippen molar-refractivity contribution in [1.82, 2.24) is 4.72 Å². The fraction of sp³-hybridized carbons (Fsp3) is 0.889. The number of carboxylic acids is 1. The summed E-state index contributed by atoms with van der Waals surface area (Å²) in [4.78, 5) is 11.2. The average Bonchev–Trinajstić information content (AvgIpc) is 2.43. The zero-order valence-electron chi connectivity index (χ0n) is 10.2. The summed E-state index contributed by atoms with van der Waals surface area (Å²) in [6.07, 6.45) is 2.17. The summed E-state index contributed by atoms with van der Waals surface area (Å²) < 4.78 is 47.4. The van der Waals surface area contributed by atoms with Crippen molar-refractivity contribution in [3.63, 3.8) is 0 Å². The fourth-order valence-electron chi connectivity index (χ4n) is 2.14. The minimum atomic E-state index is -4.03. The lowest BCUT2D eigenvalue weighted by molar-refractivity contribution is -0.148. The van der Waals surface area contributed by atoms with Gasteiger partial charge < -0.3 is 5.11 Å². The predicted molar refractivity (Wildman–Crippen MR) is 65.1 cm³/mol. The SMILES string of the molecule is CC1(C(=O)O)CCCC1NS(=O)(=O)CS(C)(=O)=O. The quantitative estimate of drug-likeness (QED) is 0.710. The molecule has 1 fully saturated rings. The molecule has 1 saturated carbocycles. The topological polar surface area (TPSA) is 118 Å². The second-order valence-electron chi connectivity index (χ2n) is 4.94. The van der Waals surface area contributed by atoms with E-state index in [0.29, 0.717) is 19.3 Å². The molecule has 9 heteroatoms. The maximum Gasteiger partial charge on any atom is 0.310 e. The number of nitrogens with one attached hydrogen (secondary N) is 1. The first-order valence-electron chi connectivity index (χ1n) is 5.37. The Labute approximate surface area is 107 Å². The molecule has 0 aliphatic heterocycles. The number of aliphatic carboxylic acids is 1. The van der Waals surface area contributed by atoms with Gasteiger partial charge in [-0.05, 0) is 19.8 Å². The number of carbonyl (C=O) groups is 1. The van der Waals surface area contributed by atoms with Gasteiger partial charge in [0.2, 0.25) is 10.0 Å². The van der Waals surface area contributed by atoms with Crippen molar-refractivity contribution >= 4 is 25.8 Å². The molecule has 2 unspecified atom stereocenters. The molecular formula is C9H17NO6S2. The van der Waals surface area contributed by atoms with Crippen molar-refractivity contribution in [3.8, 4) is 0 Å². The number of sulfonamides is 1. The van der Waals surface area contributed by atoms with Gasteiger partial charge in [0.15, 0.2) is 14.9 Å². The fourth-order valence-corrected chi connectivity index (χ4v) is 5.48. The maximum atomic E-state index is 11.6. The van der Waals surface area contributed by atoms with Crippen LogP contribution in [0.4, 0.5) is 0 Å². The lowest BCUT2D eigenvalue weighted by atomic mass is 9.85. The van der Waals surface area contributed by atoms with Crippen LogP contribution in [0.5, 0.6) is 0 Å². The van der Waals surface area contributed by atoms with Crippen molar-refractivity contribution < 1.29 is 26.7 Å². The Hall–Kier alpha value is -0.670. The molecule has 1 aliphatic rings. The minimum Gasteiger partial charge on any atom is -0.481 e. The predicted octanol–water partition coefficient (Wildman–Crippen LogP) is -0.449. The van der Waals surface area contributed by atoms with Crippen LogP contribution in [0.3, 0.4) is 0 Å². The molecule has 2 N–H and O–H groups in total. The lowest BCUT2D eigenvalue weighted by Gasteiger charge is -2.27. The number of sulfone groups is 1. The molecule has 18 heavy (non-hydrogen) atoms. The molecule has 1 aliphatic carbocycles. The van der Waals surface area contributed by atoms with Gasteiger partial charge in [0.25, 0.3) is 0 Å². The van der Waals surface area contributed by atoms with Gasteiger partial charge in [-0.1, -0.05) is 6.42 Å². The number of hydrogen-bond acceptors (Lipinski definition) is 5. The second-order valence-corrected chi connectivity index (χ2v) is 9.20. The molecule has 0 saturated heterocycles. The van der Waals surface area contributed by atoms with Gasteiger partial charge in [-0.3, -0.25) is 4.79 Å². The standard InChI is InChI=1S/C9H17NO6S2/c1-9(8(11)12)5-3-4-7(9)10-18(15,16)6-17(2,13)14/h7,10H,3-6H2,1-2H3,(H,11,12). The minimum absolute atomic E-state index is 0.369. The van der Waals surface area contributed by atoms with Crippen molar-refractivity contribution in [3.05, 3.63) is 0 Å². The first kappa shape index (κ1) is 15.4. The smallest absolute Gasteiger partial charge is 0.310 e. The van der Waals surface area contributed by atoms with Crippen LogP contribution >= 0.6 is 0 Å². The summed E-state index contributed by atoms with van der Waals surface area (Å²) >= 11 is 0. The lowest BCUT2D eigenvalue weighted by Crippen LogP contribution is -2.48. The Balaban J connectivity index is 2.88. The van der Waals surface area contributed by atoms with E-state index < -0.39 is 42.4 Å². The molecule has 1 rings (SSSR count). The van der Waals surface area contributed by atoms with Crippen LogP contribution in [-0.2, 0) is 24.7 Å². The van der Waals surface area contributed by atoms with Crippen LogP contribution in [0.1, 0.15) is 26.2 Å². The molecule has 0 bridgehead atoms. The highest BCUT2D eigenvalue weighted by Gasteiger charge is 2.46. The van der Waals surface area contributed by atoms with E-state index in [9.17, 15) is 21.6 Å². The second kappa shape index (κ2) is 4.78. The summed E-state index contributed by atoms with van der Waals surface area (Å²) in [5.41, 5.74) is -1.18. The number of carboxylic acid groups (broad SMARTS) is 1.